The van der Waals surface area contributed by atoms with Gasteiger partial charge in [-0.2, -0.15) is 0 Å². The van der Waals surface area contributed by atoms with Crippen LogP contribution < -0.4 is 0 Å². The van der Waals surface area contributed by atoms with E-state index in [9.17, 15) is 9.59 Å². The molecule has 0 amide bonds. The van der Waals surface area contributed by atoms with Gasteiger partial charge in [0.1, 0.15) is 12.1 Å². The molecule has 0 heterocycles. The average Bonchev–Trinajstić information content (AvgIpc) is 2.53. The number of hydrogen-bond donors (Lipinski definition) is 0. The van der Waals surface area contributed by atoms with Gasteiger partial charge in [0, 0.05) is 11.8 Å². The highest BCUT2D eigenvalue weighted by Crippen LogP contribution is 2.58. The molecule has 2 nitrogen and oxygen atoms in total. The molecule has 0 saturated heterocycles. The maximum absolute atomic E-state index is 12.0. The summed E-state index contributed by atoms with van der Waals surface area (Å²) in [5, 5.41) is 0. The zero-order chi connectivity index (χ0) is 11.3. The Balaban J connectivity index is 2.47. The van der Waals surface area contributed by atoms with E-state index in [-0.39, 0.29) is 17.1 Å². The summed E-state index contributed by atoms with van der Waals surface area (Å²) in [6.45, 7) is 8.00. The molecule has 0 radical (unpaired) electrons. The third-order valence-corrected chi connectivity index (χ3v) is 4.70. The van der Waals surface area contributed by atoms with E-state index in [1.54, 1.807) is 0 Å². The Morgan fingerprint density at radius 1 is 1.40 bits per heavy atom. The SMILES string of the molecule is C=C1CC[C@H]2[C@]1(C)C(=O)CC[C@@]2(C)C=O. The van der Waals surface area contributed by atoms with Gasteiger partial charge in [-0.3, -0.25) is 4.79 Å². The van der Waals surface area contributed by atoms with Crippen molar-refractivity contribution >= 4 is 12.1 Å². The van der Waals surface area contributed by atoms with Crippen LogP contribution >= 0.6 is 0 Å². The van der Waals surface area contributed by atoms with Crippen LogP contribution in [0.5, 0.6) is 0 Å². The molecule has 2 fully saturated rings. The molecule has 0 bridgehead atoms. The number of allylic oxidation sites excluding steroid dienone is 1. The molecule has 0 aliphatic heterocycles. The van der Waals surface area contributed by atoms with Gasteiger partial charge in [-0.25, -0.2) is 0 Å². The van der Waals surface area contributed by atoms with Gasteiger partial charge in [0.25, 0.3) is 0 Å². The monoisotopic (exact) mass is 206 g/mol. The minimum atomic E-state index is -0.423. The van der Waals surface area contributed by atoms with Gasteiger partial charge in [0.2, 0.25) is 0 Å². The number of hydrogen-bond acceptors (Lipinski definition) is 2. The van der Waals surface area contributed by atoms with Crippen molar-refractivity contribution in [3.05, 3.63) is 12.2 Å². The van der Waals surface area contributed by atoms with Crippen molar-refractivity contribution < 1.29 is 9.59 Å². The topological polar surface area (TPSA) is 34.1 Å². The number of carbonyl (C=O) groups is 2. The van der Waals surface area contributed by atoms with Gasteiger partial charge in [0.15, 0.2) is 0 Å². The van der Waals surface area contributed by atoms with E-state index < -0.39 is 5.41 Å². The van der Waals surface area contributed by atoms with Crippen LogP contribution in [0.25, 0.3) is 0 Å². The summed E-state index contributed by atoms with van der Waals surface area (Å²) >= 11 is 0. The highest BCUT2D eigenvalue weighted by Gasteiger charge is 2.57. The number of ketones is 1. The van der Waals surface area contributed by atoms with E-state index in [0.717, 1.165) is 24.7 Å². The van der Waals surface area contributed by atoms with Gasteiger partial charge in [-0.15, -0.1) is 0 Å². The Morgan fingerprint density at radius 2 is 2.07 bits per heavy atom. The van der Waals surface area contributed by atoms with Crippen LogP contribution in [0.1, 0.15) is 39.5 Å². The van der Waals surface area contributed by atoms with E-state index in [4.69, 9.17) is 0 Å². The van der Waals surface area contributed by atoms with Crippen molar-refractivity contribution in [2.75, 3.05) is 0 Å². The smallest absolute Gasteiger partial charge is 0.143 e. The van der Waals surface area contributed by atoms with E-state index in [1.807, 2.05) is 13.8 Å². The van der Waals surface area contributed by atoms with Crippen LogP contribution in [0.4, 0.5) is 0 Å². The van der Waals surface area contributed by atoms with Crippen LogP contribution in [0, 0.1) is 16.7 Å². The molecule has 2 saturated carbocycles. The maximum atomic E-state index is 12.0. The minimum absolute atomic E-state index is 0.177. The van der Waals surface area contributed by atoms with Crippen LogP contribution in [-0.4, -0.2) is 12.1 Å². The second-order valence-electron chi connectivity index (χ2n) is 5.44. The molecule has 2 rings (SSSR count). The predicted octanol–water partition coefficient (Wildman–Crippen LogP) is 2.53. The largest absolute Gasteiger partial charge is 0.303 e. The highest BCUT2D eigenvalue weighted by atomic mass is 16.1. The van der Waals surface area contributed by atoms with Gasteiger partial charge in [0.05, 0.1) is 5.41 Å². The van der Waals surface area contributed by atoms with E-state index in [1.165, 1.54) is 0 Å². The lowest BCUT2D eigenvalue weighted by molar-refractivity contribution is -0.139. The van der Waals surface area contributed by atoms with Crippen molar-refractivity contribution in [1.82, 2.24) is 0 Å². The van der Waals surface area contributed by atoms with Crippen molar-refractivity contribution in [2.24, 2.45) is 16.7 Å². The molecule has 15 heavy (non-hydrogen) atoms. The molecule has 0 aromatic heterocycles. The van der Waals surface area contributed by atoms with Crippen molar-refractivity contribution in [3.63, 3.8) is 0 Å². The Labute approximate surface area is 90.7 Å². The molecule has 0 unspecified atom stereocenters. The molecule has 3 atom stereocenters. The van der Waals surface area contributed by atoms with Gasteiger partial charge in [-0.1, -0.05) is 19.1 Å². The maximum Gasteiger partial charge on any atom is 0.143 e. The summed E-state index contributed by atoms with van der Waals surface area (Å²) < 4.78 is 0. The summed E-state index contributed by atoms with van der Waals surface area (Å²) in [4.78, 5) is 23.3. The zero-order valence-electron chi connectivity index (χ0n) is 9.51. The minimum Gasteiger partial charge on any atom is -0.303 e. The first-order valence-corrected chi connectivity index (χ1v) is 5.63. The first-order chi connectivity index (χ1) is 6.95. The second-order valence-corrected chi connectivity index (χ2v) is 5.44. The average molecular weight is 206 g/mol. The number of fused-ring (bicyclic) bond motifs is 1. The van der Waals surface area contributed by atoms with Crippen LogP contribution in [0.2, 0.25) is 0 Å². The number of carbonyl (C=O) groups excluding carboxylic acids is 2. The lowest BCUT2D eigenvalue weighted by Gasteiger charge is -2.45. The van der Waals surface area contributed by atoms with Gasteiger partial charge < -0.3 is 4.79 Å². The lowest BCUT2D eigenvalue weighted by atomic mass is 9.56. The molecule has 0 aromatic carbocycles. The third kappa shape index (κ3) is 1.17. The van der Waals surface area contributed by atoms with Gasteiger partial charge >= 0.3 is 0 Å². The molecule has 0 N–H and O–H groups in total. The third-order valence-electron chi connectivity index (χ3n) is 4.70. The molecule has 0 spiro atoms. The highest BCUT2D eigenvalue weighted by molar-refractivity contribution is 5.90. The van der Waals surface area contributed by atoms with E-state index in [0.29, 0.717) is 12.8 Å². The molecule has 82 valence electrons. The van der Waals surface area contributed by atoms with Crippen molar-refractivity contribution in [3.8, 4) is 0 Å². The Kier molecular flexibility index (Phi) is 2.14. The zero-order valence-corrected chi connectivity index (χ0v) is 9.51. The molecular formula is C13H18O2. The molecule has 2 aliphatic rings. The van der Waals surface area contributed by atoms with E-state index >= 15 is 0 Å². The van der Waals surface area contributed by atoms with E-state index in [2.05, 4.69) is 6.58 Å². The van der Waals surface area contributed by atoms with Gasteiger partial charge in [-0.05, 0) is 32.1 Å². The standard InChI is InChI=1S/C13H18O2/c1-9-4-5-10-12(2,8-14)7-6-11(15)13(9,10)3/h8,10H,1,4-7H2,2-3H3/t10-,12+,13-/m1/s1. The fraction of sp³-hybridized carbons (Fsp3) is 0.692. The molecule has 2 aliphatic carbocycles. The molecule has 2 heteroatoms. The Hall–Kier alpha value is -0.920. The first-order valence-electron chi connectivity index (χ1n) is 5.63. The van der Waals surface area contributed by atoms with Crippen LogP contribution in [-0.2, 0) is 9.59 Å². The summed E-state index contributed by atoms with van der Waals surface area (Å²) in [7, 11) is 0. The molecular weight excluding hydrogens is 188 g/mol. The van der Waals surface area contributed by atoms with Crippen LogP contribution in [0.3, 0.4) is 0 Å². The second kappa shape index (κ2) is 3.03. The summed E-state index contributed by atoms with van der Waals surface area (Å²) in [6, 6.07) is 0. The quantitative estimate of drug-likeness (QED) is 0.488. The summed E-state index contributed by atoms with van der Waals surface area (Å²) in [6.07, 6.45) is 4.14. The Bertz CT molecular complexity index is 344. The Morgan fingerprint density at radius 3 is 2.67 bits per heavy atom. The van der Waals surface area contributed by atoms with Crippen molar-refractivity contribution in [2.45, 2.75) is 39.5 Å². The lowest BCUT2D eigenvalue weighted by Crippen LogP contribution is -2.47. The fourth-order valence-electron chi connectivity index (χ4n) is 3.45. The van der Waals surface area contributed by atoms with Crippen LogP contribution in [0.15, 0.2) is 12.2 Å². The fourth-order valence-corrected chi connectivity index (χ4v) is 3.45. The normalized spacial score (nSPS) is 45.3. The summed E-state index contributed by atoms with van der Waals surface area (Å²) in [5.41, 5.74) is 0.293. The molecule has 0 aromatic rings. The number of aldehydes is 1. The number of rotatable bonds is 1. The summed E-state index contributed by atoms with van der Waals surface area (Å²) in [5.74, 6) is 0.463. The number of Topliss-reactive ketones (excluding diaryl/α,β-unsaturated/α-hetero) is 1. The van der Waals surface area contributed by atoms with Crippen molar-refractivity contribution in [1.29, 1.82) is 0 Å². The first kappa shape index (κ1) is 10.6. The predicted molar refractivity (Wildman–Crippen MR) is 58.4 cm³/mol.